The Balaban J connectivity index is 1.79. The Kier molecular flexibility index (Phi) is 3.78. The number of hydrogen-bond acceptors (Lipinski definition) is 3. The molecule has 3 rings (SSSR count). The van der Waals surface area contributed by atoms with E-state index >= 15 is 0 Å². The third-order valence-electron chi connectivity index (χ3n) is 3.53. The number of carboxylic acids is 1. The molecule has 0 saturated heterocycles. The number of carboxylic acid groups (broad SMARTS) is 1. The minimum Gasteiger partial charge on any atom is -0.492 e. The molecule has 0 spiro atoms. The van der Waals surface area contributed by atoms with Crippen LogP contribution in [0.25, 0.3) is 10.9 Å². The number of benzene rings is 1. The number of ether oxygens (including phenoxy) is 1. The van der Waals surface area contributed by atoms with Gasteiger partial charge in [-0.2, -0.15) is 0 Å². The summed E-state index contributed by atoms with van der Waals surface area (Å²) in [6.45, 7) is 2.88. The van der Waals surface area contributed by atoms with Crippen molar-refractivity contribution in [1.82, 2.24) is 9.55 Å². The number of aryl methyl sites for hydroxylation is 1. The van der Waals surface area contributed by atoms with E-state index in [1.807, 2.05) is 37.3 Å². The van der Waals surface area contributed by atoms with Gasteiger partial charge in [-0.3, -0.25) is 4.98 Å². The monoisotopic (exact) mass is 296 g/mol. The minimum atomic E-state index is -0.952. The van der Waals surface area contributed by atoms with Gasteiger partial charge in [-0.1, -0.05) is 17.7 Å². The van der Waals surface area contributed by atoms with Gasteiger partial charge in [-0.25, -0.2) is 4.79 Å². The number of aromatic carboxylic acids is 1. The van der Waals surface area contributed by atoms with Gasteiger partial charge >= 0.3 is 5.97 Å². The highest BCUT2D eigenvalue weighted by atomic mass is 16.5. The summed E-state index contributed by atoms with van der Waals surface area (Å²) in [5.41, 5.74) is 2.26. The lowest BCUT2D eigenvalue weighted by molar-refractivity contribution is 0.0684. The summed E-state index contributed by atoms with van der Waals surface area (Å²) in [5.74, 6) is -0.174. The molecule has 0 radical (unpaired) electrons. The summed E-state index contributed by atoms with van der Waals surface area (Å²) in [5, 5.41) is 10.1. The average Bonchev–Trinajstić information content (AvgIpc) is 2.89. The quantitative estimate of drug-likeness (QED) is 0.785. The molecule has 2 heterocycles. The van der Waals surface area contributed by atoms with Crippen LogP contribution in [-0.4, -0.2) is 27.2 Å². The zero-order valence-corrected chi connectivity index (χ0v) is 12.2. The predicted molar refractivity (Wildman–Crippen MR) is 83.4 cm³/mol. The average molecular weight is 296 g/mol. The Bertz CT molecular complexity index is 806. The van der Waals surface area contributed by atoms with Crippen LogP contribution in [0.2, 0.25) is 0 Å². The molecule has 1 N–H and O–H groups in total. The minimum absolute atomic E-state index is 0.246. The van der Waals surface area contributed by atoms with Gasteiger partial charge in [-0.05, 0) is 31.2 Å². The number of fused-ring (bicyclic) bond motifs is 1. The molecule has 0 amide bonds. The van der Waals surface area contributed by atoms with Gasteiger partial charge in [0.25, 0.3) is 0 Å². The largest absolute Gasteiger partial charge is 0.492 e. The summed E-state index contributed by atoms with van der Waals surface area (Å²) in [6.07, 6.45) is 3.32. The summed E-state index contributed by atoms with van der Waals surface area (Å²) in [4.78, 5) is 15.4. The fourth-order valence-corrected chi connectivity index (χ4v) is 2.42. The highest BCUT2D eigenvalue weighted by Gasteiger charge is 2.14. The van der Waals surface area contributed by atoms with Gasteiger partial charge < -0.3 is 14.4 Å². The van der Waals surface area contributed by atoms with Crippen LogP contribution in [0.3, 0.4) is 0 Å². The van der Waals surface area contributed by atoms with Crippen molar-refractivity contribution >= 4 is 16.9 Å². The lowest BCUT2D eigenvalue weighted by atomic mass is 10.2. The van der Waals surface area contributed by atoms with Crippen LogP contribution in [0, 0.1) is 6.92 Å². The van der Waals surface area contributed by atoms with Crippen molar-refractivity contribution in [2.45, 2.75) is 13.5 Å². The van der Waals surface area contributed by atoms with E-state index in [1.54, 1.807) is 23.0 Å². The number of pyridine rings is 1. The lowest BCUT2D eigenvalue weighted by Crippen LogP contribution is -2.13. The van der Waals surface area contributed by atoms with Crippen molar-refractivity contribution in [3.05, 3.63) is 60.0 Å². The van der Waals surface area contributed by atoms with Crippen LogP contribution < -0.4 is 4.74 Å². The van der Waals surface area contributed by atoms with E-state index in [1.165, 1.54) is 5.56 Å². The van der Waals surface area contributed by atoms with Crippen molar-refractivity contribution in [1.29, 1.82) is 0 Å². The molecular weight excluding hydrogens is 280 g/mol. The Morgan fingerprint density at radius 3 is 2.77 bits per heavy atom. The smallest absolute Gasteiger partial charge is 0.352 e. The van der Waals surface area contributed by atoms with Crippen molar-refractivity contribution in [2.75, 3.05) is 6.61 Å². The van der Waals surface area contributed by atoms with Gasteiger partial charge in [0.05, 0.1) is 12.1 Å². The first kappa shape index (κ1) is 14.1. The standard InChI is InChI=1S/C17H16N2O3/c1-12-2-4-14(5-3-12)22-9-8-19-15-6-7-18-11-13(15)10-16(19)17(20)21/h2-7,10-11H,8-9H2,1H3,(H,20,21). The van der Waals surface area contributed by atoms with Gasteiger partial charge in [0.2, 0.25) is 0 Å². The first-order chi connectivity index (χ1) is 10.6. The first-order valence-corrected chi connectivity index (χ1v) is 7.01. The molecule has 5 heteroatoms. The van der Waals surface area contributed by atoms with Crippen LogP contribution in [0.1, 0.15) is 16.1 Å². The fourth-order valence-electron chi connectivity index (χ4n) is 2.42. The lowest BCUT2D eigenvalue weighted by Gasteiger charge is -2.10. The van der Waals surface area contributed by atoms with E-state index in [2.05, 4.69) is 4.98 Å². The summed E-state index contributed by atoms with van der Waals surface area (Å²) in [6, 6.07) is 11.2. The molecular formula is C17H16N2O3. The second-order valence-electron chi connectivity index (χ2n) is 5.08. The maximum atomic E-state index is 11.4. The van der Waals surface area contributed by atoms with E-state index in [4.69, 9.17) is 4.74 Å². The molecule has 112 valence electrons. The second-order valence-corrected chi connectivity index (χ2v) is 5.08. The third-order valence-corrected chi connectivity index (χ3v) is 3.53. The molecule has 0 aliphatic heterocycles. The maximum absolute atomic E-state index is 11.4. The Labute approximate surface area is 127 Å². The molecule has 0 saturated carbocycles. The van der Waals surface area contributed by atoms with Crippen molar-refractivity contribution < 1.29 is 14.6 Å². The van der Waals surface area contributed by atoms with Gasteiger partial charge in [0.1, 0.15) is 18.1 Å². The predicted octanol–water partition coefficient (Wildman–Crippen LogP) is 3.12. The fraction of sp³-hybridized carbons (Fsp3) is 0.176. The van der Waals surface area contributed by atoms with E-state index < -0.39 is 5.97 Å². The molecule has 22 heavy (non-hydrogen) atoms. The van der Waals surface area contributed by atoms with Crippen molar-refractivity contribution in [3.63, 3.8) is 0 Å². The Hall–Kier alpha value is -2.82. The van der Waals surface area contributed by atoms with Crippen molar-refractivity contribution in [3.8, 4) is 5.75 Å². The zero-order valence-electron chi connectivity index (χ0n) is 12.2. The second kappa shape index (κ2) is 5.89. The van der Waals surface area contributed by atoms with Gasteiger partial charge in [-0.15, -0.1) is 0 Å². The number of nitrogens with zero attached hydrogens (tertiary/aromatic N) is 2. The zero-order chi connectivity index (χ0) is 15.5. The molecule has 2 aromatic heterocycles. The van der Waals surface area contributed by atoms with Crippen molar-refractivity contribution in [2.24, 2.45) is 0 Å². The molecule has 0 aliphatic rings. The SMILES string of the molecule is Cc1ccc(OCCn2c(C(=O)O)cc3cnccc32)cc1. The molecule has 0 aliphatic carbocycles. The molecule has 0 unspecified atom stereocenters. The van der Waals surface area contributed by atoms with E-state index in [0.717, 1.165) is 16.7 Å². The Morgan fingerprint density at radius 2 is 2.05 bits per heavy atom. The number of rotatable bonds is 5. The van der Waals surface area contributed by atoms with E-state index in [0.29, 0.717) is 13.2 Å². The number of carbonyl (C=O) groups is 1. The Morgan fingerprint density at radius 1 is 1.27 bits per heavy atom. The molecule has 5 nitrogen and oxygen atoms in total. The summed E-state index contributed by atoms with van der Waals surface area (Å²) in [7, 11) is 0. The third kappa shape index (κ3) is 2.79. The summed E-state index contributed by atoms with van der Waals surface area (Å²) < 4.78 is 7.43. The summed E-state index contributed by atoms with van der Waals surface area (Å²) >= 11 is 0. The van der Waals surface area contributed by atoms with Crippen LogP contribution >= 0.6 is 0 Å². The normalized spacial score (nSPS) is 10.8. The number of aromatic nitrogens is 2. The molecule has 0 fully saturated rings. The molecule has 3 aromatic rings. The topological polar surface area (TPSA) is 64.3 Å². The van der Waals surface area contributed by atoms with Crippen LogP contribution in [0.15, 0.2) is 48.8 Å². The van der Waals surface area contributed by atoms with Crippen LogP contribution in [0.5, 0.6) is 5.75 Å². The highest BCUT2D eigenvalue weighted by molar-refractivity contribution is 5.94. The first-order valence-electron chi connectivity index (χ1n) is 7.01. The molecule has 0 bridgehead atoms. The molecule has 0 atom stereocenters. The number of hydrogen-bond donors (Lipinski definition) is 1. The van der Waals surface area contributed by atoms with Crippen LogP contribution in [-0.2, 0) is 6.54 Å². The van der Waals surface area contributed by atoms with Gasteiger partial charge in [0.15, 0.2) is 0 Å². The maximum Gasteiger partial charge on any atom is 0.352 e. The van der Waals surface area contributed by atoms with Gasteiger partial charge in [0, 0.05) is 17.8 Å². The molecule has 1 aromatic carbocycles. The highest BCUT2D eigenvalue weighted by Crippen LogP contribution is 2.19. The van der Waals surface area contributed by atoms with E-state index in [9.17, 15) is 9.90 Å². The van der Waals surface area contributed by atoms with E-state index in [-0.39, 0.29) is 5.69 Å². The van der Waals surface area contributed by atoms with Crippen LogP contribution in [0.4, 0.5) is 0 Å².